The maximum Gasteiger partial charge on any atom is 0.222 e. The van der Waals surface area contributed by atoms with Crippen LogP contribution in [-0.2, 0) is 11.2 Å². The third-order valence-corrected chi connectivity index (χ3v) is 5.10. The predicted molar refractivity (Wildman–Crippen MR) is 99.1 cm³/mol. The number of aryl methyl sites for hydroxylation is 1. The highest BCUT2D eigenvalue weighted by molar-refractivity contribution is 5.85. The summed E-state index contributed by atoms with van der Waals surface area (Å²) >= 11 is 0. The number of nitrogens with zero attached hydrogens (tertiary/aromatic N) is 1. The zero-order chi connectivity index (χ0) is 15.8. The molecule has 1 N–H and O–H groups in total. The Morgan fingerprint density at radius 2 is 1.87 bits per heavy atom. The molecule has 4 heteroatoms. The van der Waals surface area contributed by atoms with Crippen molar-refractivity contribution in [2.24, 2.45) is 5.41 Å². The first-order chi connectivity index (χ1) is 10.7. The molecule has 1 aliphatic rings. The second-order valence-corrected chi connectivity index (χ2v) is 6.79. The summed E-state index contributed by atoms with van der Waals surface area (Å²) in [5.74, 6) is 0.310. The summed E-state index contributed by atoms with van der Waals surface area (Å²) in [4.78, 5) is 14.4. The number of rotatable bonds is 8. The molecule has 0 unspecified atom stereocenters. The number of hydrogen-bond donors (Lipinski definition) is 1. The van der Waals surface area contributed by atoms with Gasteiger partial charge in [0.1, 0.15) is 0 Å². The molecule has 1 amide bonds. The lowest BCUT2D eigenvalue weighted by atomic mass is 9.77. The van der Waals surface area contributed by atoms with Crippen LogP contribution >= 0.6 is 12.4 Å². The Kier molecular flexibility index (Phi) is 8.64. The van der Waals surface area contributed by atoms with Crippen LogP contribution in [0.15, 0.2) is 30.3 Å². The third kappa shape index (κ3) is 6.15. The number of likely N-dealkylation sites (N-methyl/N-ethyl adjacent to an activating group) is 2. The Morgan fingerprint density at radius 1 is 1.22 bits per heavy atom. The van der Waals surface area contributed by atoms with Crippen molar-refractivity contribution in [1.82, 2.24) is 10.2 Å². The second-order valence-electron chi connectivity index (χ2n) is 6.79. The largest absolute Gasteiger partial charge is 0.344 e. The van der Waals surface area contributed by atoms with Crippen LogP contribution < -0.4 is 5.32 Å². The zero-order valence-electron chi connectivity index (χ0n) is 14.5. The van der Waals surface area contributed by atoms with E-state index in [4.69, 9.17) is 0 Å². The maximum atomic E-state index is 12.5. The fraction of sp³-hybridized carbons (Fsp3) is 0.632. The summed E-state index contributed by atoms with van der Waals surface area (Å²) in [6.45, 7) is 1.66. The smallest absolute Gasteiger partial charge is 0.222 e. The average molecular weight is 339 g/mol. The summed E-state index contributed by atoms with van der Waals surface area (Å²) in [7, 11) is 3.86. The van der Waals surface area contributed by atoms with Gasteiger partial charge in [-0.2, -0.15) is 0 Å². The Balaban J connectivity index is 0.00000264. The number of nitrogens with one attached hydrogen (secondary N) is 1. The maximum absolute atomic E-state index is 12.5. The molecule has 0 aliphatic heterocycles. The van der Waals surface area contributed by atoms with Crippen molar-refractivity contribution in [1.29, 1.82) is 0 Å². The molecule has 0 spiro atoms. The molecule has 0 bridgehead atoms. The highest BCUT2D eigenvalue weighted by Crippen LogP contribution is 2.45. The SMILES string of the molecule is CNCCN(C)C(=O)CC1(CCc2ccccc2)CCCC1.Cl. The molecule has 0 heterocycles. The Hall–Kier alpha value is -1.06. The summed E-state index contributed by atoms with van der Waals surface area (Å²) in [5, 5.41) is 3.11. The van der Waals surface area contributed by atoms with Crippen LogP contribution in [0.1, 0.15) is 44.1 Å². The summed E-state index contributed by atoms with van der Waals surface area (Å²) < 4.78 is 0. The molecule has 3 nitrogen and oxygen atoms in total. The number of halogens is 1. The molecule has 2 rings (SSSR count). The Morgan fingerprint density at radius 3 is 2.48 bits per heavy atom. The number of carbonyl (C=O) groups is 1. The van der Waals surface area contributed by atoms with E-state index in [2.05, 4.69) is 35.6 Å². The minimum Gasteiger partial charge on any atom is -0.344 e. The fourth-order valence-corrected chi connectivity index (χ4v) is 3.55. The third-order valence-electron chi connectivity index (χ3n) is 5.10. The standard InChI is InChI=1S/C19H30N2O.ClH/c1-20-14-15-21(2)18(22)16-19(11-6-7-12-19)13-10-17-8-4-3-5-9-17;/h3-5,8-9,20H,6-7,10-16H2,1-2H3;1H. The van der Waals surface area contributed by atoms with Gasteiger partial charge in [-0.25, -0.2) is 0 Å². The van der Waals surface area contributed by atoms with Crippen molar-refractivity contribution in [3.63, 3.8) is 0 Å². The van der Waals surface area contributed by atoms with Gasteiger partial charge in [-0.1, -0.05) is 43.2 Å². The first kappa shape index (κ1) is 20.0. The number of benzene rings is 1. The van der Waals surface area contributed by atoms with Crippen molar-refractivity contribution in [2.45, 2.75) is 44.9 Å². The van der Waals surface area contributed by atoms with E-state index in [0.717, 1.165) is 32.4 Å². The molecule has 130 valence electrons. The highest BCUT2D eigenvalue weighted by Gasteiger charge is 2.36. The molecule has 1 saturated carbocycles. The quantitative estimate of drug-likeness (QED) is 0.784. The number of carbonyl (C=O) groups excluding carboxylic acids is 1. The summed E-state index contributed by atoms with van der Waals surface area (Å²) in [6, 6.07) is 10.7. The van der Waals surface area contributed by atoms with Crippen molar-refractivity contribution in [3.05, 3.63) is 35.9 Å². The normalized spacial score (nSPS) is 15.9. The molecule has 0 radical (unpaired) electrons. The van der Waals surface area contributed by atoms with Crippen LogP contribution in [0.4, 0.5) is 0 Å². The van der Waals surface area contributed by atoms with E-state index in [9.17, 15) is 4.79 Å². The van der Waals surface area contributed by atoms with Crippen LogP contribution in [0.2, 0.25) is 0 Å². The number of hydrogen-bond acceptors (Lipinski definition) is 2. The monoisotopic (exact) mass is 338 g/mol. The van der Waals surface area contributed by atoms with Gasteiger partial charge in [0.2, 0.25) is 5.91 Å². The molecular formula is C19H31ClN2O. The minimum absolute atomic E-state index is 0. The van der Waals surface area contributed by atoms with E-state index in [-0.39, 0.29) is 17.8 Å². The minimum atomic E-state index is 0. The van der Waals surface area contributed by atoms with Gasteiger partial charge in [0.25, 0.3) is 0 Å². The molecule has 1 aromatic rings. The van der Waals surface area contributed by atoms with Gasteiger partial charge in [0.05, 0.1) is 0 Å². The average Bonchev–Trinajstić information content (AvgIpc) is 3.00. The van der Waals surface area contributed by atoms with E-state index < -0.39 is 0 Å². The van der Waals surface area contributed by atoms with Crippen LogP contribution in [0, 0.1) is 5.41 Å². The summed E-state index contributed by atoms with van der Waals surface area (Å²) in [5.41, 5.74) is 1.63. The first-order valence-electron chi connectivity index (χ1n) is 8.58. The van der Waals surface area contributed by atoms with Gasteiger partial charge >= 0.3 is 0 Å². The number of amides is 1. The fourth-order valence-electron chi connectivity index (χ4n) is 3.55. The Labute approximate surface area is 147 Å². The lowest BCUT2D eigenvalue weighted by Crippen LogP contribution is -2.36. The van der Waals surface area contributed by atoms with Gasteiger partial charge in [-0.05, 0) is 43.7 Å². The molecule has 0 atom stereocenters. The molecule has 0 aromatic heterocycles. The molecule has 1 fully saturated rings. The van der Waals surface area contributed by atoms with Crippen molar-refractivity contribution in [2.75, 3.05) is 27.2 Å². The lowest BCUT2D eigenvalue weighted by Gasteiger charge is -2.30. The molecule has 23 heavy (non-hydrogen) atoms. The molecule has 0 saturated heterocycles. The van der Waals surface area contributed by atoms with E-state index in [1.165, 1.54) is 31.2 Å². The predicted octanol–water partition coefficient (Wildman–Crippen LogP) is 3.67. The van der Waals surface area contributed by atoms with Crippen molar-refractivity contribution in [3.8, 4) is 0 Å². The van der Waals surface area contributed by atoms with Crippen LogP contribution in [0.25, 0.3) is 0 Å². The molecule has 1 aliphatic carbocycles. The van der Waals surface area contributed by atoms with Gasteiger partial charge in [-0.3, -0.25) is 4.79 Å². The molecule has 1 aromatic carbocycles. The van der Waals surface area contributed by atoms with Gasteiger partial charge in [0, 0.05) is 26.6 Å². The lowest BCUT2D eigenvalue weighted by molar-refractivity contribution is -0.132. The van der Waals surface area contributed by atoms with Crippen molar-refractivity contribution >= 4 is 18.3 Å². The van der Waals surface area contributed by atoms with Crippen LogP contribution in [0.3, 0.4) is 0 Å². The Bertz CT molecular complexity index is 458. The van der Waals surface area contributed by atoms with E-state index >= 15 is 0 Å². The topological polar surface area (TPSA) is 32.3 Å². The van der Waals surface area contributed by atoms with Crippen molar-refractivity contribution < 1.29 is 4.79 Å². The van der Waals surface area contributed by atoms with E-state index in [0.29, 0.717) is 5.91 Å². The van der Waals surface area contributed by atoms with Crippen LogP contribution in [0.5, 0.6) is 0 Å². The van der Waals surface area contributed by atoms with Gasteiger partial charge < -0.3 is 10.2 Å². The van der Waals surface area contributed by atoms with Gasteiger partial charge in [0.15, 0.2) is 0 Å². The zero-order valence-corrected chi connectivity index (χ0v) is 15.3. The highest BCUT2D eigenvalue weighted by atomic mass is 35.5. The van der Waals surface area contributed by atoms with Crippen LogP contribution in [-0.4, -0.2) is 38.0 Å². The first-order valence-corrected chi connectivity index (χ1v) is 8.58. The van der Waals surface area contributed by atoms with E-state index in [1.54, 1.807) is 0 Å². The van der Waals surface area contributed by atoms with Gasteiger partial charge in [-0.15, -0.1) is 12.4 Å². The summed E-state index contributed by atoms with van der Waals surface area (Å²) in [6.07, 6.45) is 7.94. The second kappa shape index (κ2) is 9.94. The molecular weight excluding hydrogens is 308 g/mol. The van der Waals surface area contributed by atoms with E-state index in [1.807, 2.05) is 19.0 Å².